The molecule has 0 aliphatic rings. The molecule has 0 amide bonds. The maximum Gasteiger partial charge on any atom is 0.152 e. The quantitative estimate of drug-likeness (QED) is 0.580. The van der Waals surface area contributed by atoms with Crippen LogP contribution < -0.4 is 0 Å². The van der Waals surface area contributed by atoms with E-state index in [0.29, 0.717) is 5.76 Å². The highest BCUT2D eigenvalue weighted by atomic mass is 32.1. The van der Waals surface area contributed by atoms with Gasteiger partial charge in [-0.25, -0.2) is 0 Å². The molecule has 0 fully saturated rings. The Morgan fingerprint density at radius 2 is 1.91 bits per heavy atom. The lowest BCUT2D eigenvalue weighted by molar-refractivity contribution is 0.248. The minimum absolute atomic E-state index is 0.0782. The summed E-state index contributed by atoms with van der Waals surface area (Å²) in [6.45, 7) is -0.0782. The number of H-pyrrole nitrogens is 1. The number of thiophene rings is 1. The monoisotopic (exact) mass is 309 g/mol. The van der Waals surface area contributed by atoms with Gasteiger partial charge in [-0.1, -0.05) is 30.3 Å². The number of rotatable bonds is 4. The number of furan rings is 1. The van der Waals surface area contributed by atoms with Gasteiger partial charge in [-0.05, 0) is 29.1 Å². The number of aromatic nitrogens is 1. The van der Waals surface area contributed by atoms with Crippen LogP contribution in [0.5, 0.6) is 0 Å². The molecule has 4 heteroatoms. The summed E-state index contributed by atoms with van der Waals surface area (Å²) in [7, 11) is 0. The fourth-order valence-corrected chi connectivity index (χ4v) is 3.65. The summed E-state index contributed by atoms with van der Waals surface area (Å²) in [6.07, 6.45) is 0.863. The Balaban J connectivity index is 1.79. The van der Waals surface area contributed by atoms with Crippen molar-refractivity contribution >= 4 is 21.4 Å². The average Bonchev–Trinajstić information content (AvgIpc) is 3.25. The van der Waals surface area contributed by atoms with Gasteiger partial charge in [0.25, 0.3) is 0 Å². The molecule has 0 unspecified atom stereocenters. The lowest BCUT2D eigenvalue weighted by Crippen LogP contribution is -1.88. The van der Waals surface area contributed by atoms with Crippen LogP contribution >= 0.6 is 11.3 Å². The van der Waals surface area contributed by atoms with E-state index in [4.69, 9.17) is 9.52 Å². The molecule has 2 N–H and O–H groups in total. The number of aliphatic hydroxyl groups excluding tert-OH is 1. The maximum atomic E-state index is 9.17. The Morgan fingerprint density at radius 3 is 2.68 bits per heavy atom. The first kappa shape index (κ1) is 13.4. The molecule has 0 aliphatic heterocycles. The number of hydrogen-bond donors (Lipinski definition) is 2. The van der Waals surface area contributed by atoms with Crippen molar-refractivity contribution in [2.75, 3.05) is 0 Å². The van der Waals surface area contributed by atoms with Gasteiger partial charge in [0.05, 0.1) is 10.4 Å². The first-order valence-electron chi connectivity index (χ1n) is 7.17. The topological polar surface area (TPSA) is 49.2 Å². The average molecular weight is 309 g/mol. The van der Waals surface area contributed by atoms with Crippen LogP contribution in [0.3, 0.4) is 0 Å². The van der Waals surface area contributed by atoms with Crippen molar-refractivity contribution in [3.63, 3.8) is 0 Å². The minimum atomic E-state index is -0.0782. The summed E-state index contributed by atoms with van der Waals surface area (Å²) in [4.78, 5) is 3.51. The molecule has 4 aromatic rings. The number of fused-ring (bicyclic) bond motifs is 1. The smallest absolute Gasteiger partial charge is 0.152 e. The molecule has 0 bridgehead atoms. The molecule has 0 atom stereocenters. The van der Waals surface area contributed by atoms with Gasteiger partial charge in [0, 0.05) is 17.5 Å². The second kappa shape index (κ2) is 5.48. The first-order valence-corrected chi connectivity index (χ1v) is 8.05. The fourth-order valence-electron chi connectivity index (χ4n) is 2.73. The summed E-state index contributed by atoms with van der Waals surface area (Å²) >= 11 is 1.70. The van der Waals surface area contributed by atoms with Gasteiger partial charge in [-0.15, -0.1) is 11.3 Å². The van der Waals surface area contributed by atoms with E-state index in [1.165, 1.54) is 21.3 Å². The number of hydrogen-bond acceptors (Lipinski definition) is 3. The van der Waals surface area contributed by atoms with Crippen molar-refractivity contribution < 1.29 is 9.52 Å². The van der Waals surface area contributed by atoms with Gasteiger partial charge >= 0.3 is 0 Å². The van der Waals surface area contributed by atoms with Gasteiger partial charge < -0.3 is 14.5 Å². The van der Waals surface area contributed by atoms with Crippen molar-refractivity contribution in [2.24, 2.45) is 0 Å². The minimum Gasteiger partial charge on any atom is -0.457 e. The van der Waals surface area contributed by atoms with E-state index in [1.54, 1.807) is 11.3 Å². The van der Waals surface area contributed by atoms with Crippen LogP contribution in [-0.4, -0.2) is 10.1 Å². The largest absolute Gasteiger partial charge is 0.457 e. The molecular weight excluding hydrogens is 294 g/mol. The lowest BCUT2D eigenvalue weighted by Gasteiger charge is -1.99. The molecule has 0 aliphatic carbocycles. The zero-order valence-corrected chi connectivity index (χ0v) is 12.7. The van der Waals surface area contributed by atoms with E-state index in [9.17, 15) is 0 Å². The van der Waals surface area contributed by atoms with Crippen LogP contribution in [0.15, 0.2) is 58.3 Å². The summed E-state index contributed by atoms with van der Waals surface area (Å²) in [5.74, 6) is 1.36. The van der Waals surface area contributed by atoms with E-state index in [1.807, 2.05) is 18.2 Å². The third kappa shape index (κ3) is 2.26. The molecule has 0 saturated heterocycles. The SMILES string of the molecule is OCc1ccc(-c2[nH]c(Cc3ccccc3)c3ccsc23)o1. The summed E-state index contributed by atoms with van der Waals surface area (Å²) in [6, 6.07) is 16.3. The normalized spacial score (nSPS) is 11.3. The van der Waals surface area contributed by atoms with Crippen LogP contribution in [0.2, 0.25) is 0 Å². The van der Waals surface area contributed by atoms with Crippen LogP contribution in [-0.2, 0) is 13.0 Å². The van der Waals surface area contributed by atoms with Crippen LogP contribution in [0.1, 0.15) is 17.0 Å². The zero-order valence-electron chi connectivity index (χ0n) is 11.9. The highest BCUT2D eigenvalue weighted by Gasteiger charge is 2.16. The lowest BCUT2D eigenvalue weighted by atomic mass is 10.1. The fraction of sp³-hybridized carbons (Fsp3) is 0.111. The van der Waals surface area contributed by atoms with Gasteiger partial charge in [0.2, 0.25) is 0 Å². The van der Waals surface area contributed by atoms with Gasteiger partial charge in [0.15, 0.2) is 5.76 Å². The third-order valence-electron chi connectivity index (χ3n) is 3.78. The molecule has 0 saturated carbocycles. The summed E-state index contributed by atoms with van der Waals surface area (Å²) in [5.41, 5.74) is 3.47. The summed E-state index contributed by atoms with van der Waals surface area (Å²) < 4.78 is 6.88. The second-order valence-corrected chi connectivity index (χ2v) is 6.14. The molecule has 4 rings (SSSR count). The third-order valence-corrected chi connectivity index (χ3v) is 4.71. The molecule has 0 radical (unpaired) electrons. The van der Waals surface area contributed by atoms with Gasteiger partial charge in [-0.3, -0.25) is 0 Å². The molecular formula is C18H15NO2S. The Kier molecular flexibility index (Phi) is 3.33. The molecule has 0 spiro atoms. The highest BCUT2D eigenvalue weighted by Crippen LogP contribution is 2.36. The second-order valence-electron chi connectivity index (χ2n) is 5.23. The molecule has 22 heavy (non-hydrogen) atoms. The van der Waals surface area contributed by atoms with Crippen molar-refractivity contribution in [1.29, 1.82) is 0 Å². The van der Waals surface area contributed by atoms with Crippen molar-refractivity contribution in [3.8, 4) is 11.5 Å². The van der Waals surface area contributed by atoms with E-state index < -0.39 is 0 Å². The standard InChI is InChI=1S/C18H15NO2S/c20-11-13-6-7-16(21-13)17-18-14(8-9-22-18)15(19-17)10-12-4-2-1-3-5-12/h1-9,19-20H,10-11H2. The van der Waals surface area contributed by atoms with E-state index in [-0.39, 0.29) is 6.61 Å². The van der Waals surface area contributed by atoms with Crippen molar-refractivity contribution in [3.05, 3.63) is 70.9 Å². The Bertz CT molecular complexity index is 902. The Labute approximate surface area is 131 Å². The highest BCUT2D eigenvalue weighted by molar-refractivity contribution is 7.17. The molecule has 3 heterocycles. The Morgan fingerprint density at radius 1 is 1.05 bits per heavy atom. The number of aromatic amines is 1. The summed E-state index contributed by atoms with van der Waals surface area (Å²) in [5, 5.41) is 12.5. The predicted molar refractivity (Wildman–Crippen MR) is 89.0 cm³/mol. The molecule has 3 nitrogen and oxygen atoms in total. The number of nitrogens with one attached hydrogen (secondary N) is 1. The van der Waals surface area contributed by atoms with Crippen molar-refractivity contribution in [1.82, 2.24) is 4.98 Å². The van der Waals surface area contributed by atoms with Crippen molar-refractivity contribution in [2.45, 2.75) is 13.0 Å². The van der Waals surface area contributed by atoms with E-state index in [0.717, 1.165) is 17.9 Å². The molecule has 3 aromatic heterocycles. The van der Waals surface area contributed by atoms with Crippen LogP contribution in [0, 0.1) is 0 Å². The van der Waals surface area contributed by atoms with Crippen LogP contribution in [0.4, 0.5) is 0 Å². The van der Waals surface area contributed by atoms with Crippen LogP contribution in [0.25, 0.3) is 21.5 Å². The van der Waals surface area contributed by atoms with Gasteiger partial charge in [-0.2, -0.15) is 0 Å². The molecule has 110 valence electrons. The zero-order chi connectivity index (χ0) is 14.9. The van der Waals surface area contributed by atoms with E-state index >= 15 is 0 Å². The first-order chi connectivity index (χ1) is 10.8. The van der Waals surface area contributed by atoms with Gasteiger partial charge in [0.1, 0.15) is 12.4 Å². The predicted octanol–water partition coefficient (Wildman–Crippen LogP) is 4.57. The van der Waals surface area contributed by atoms with E-state index in [2.05, 4.69) is 40.7 Å². The molecule has 1 aromatic carbocycles. The Hall–Kier alpha value is -2.30. The number of benzene rings is 1. The maximum absolute atomic E-state index is 9.17. The number of aliphatic hydroxyl groups is 1.